The number of amides is 2. The summed E-state index contributed by atoms with van der Waals surface area (Å²) in [4.78, 5) is 53.7. The molecule has 50 heavy (non-hydrogen) atoms. The van der Waals surface area contributed by atoms with Gasteiger partial charge in [-0.2, -0.15) is 0 Å². The average molecular weight is 687 g/mol. The van der Waals surface area contributed by atoms with Gasteiger partial charge in [-0.25, -0.2) is 0 Å². The molecule has 2 aromatic rings. The Bertz CT molecular complexity index is 1680. The van der Waals surface area contributed by atoms with Crippen molar-refractivity contribution >= 4 is 23.4 Å². The summed E-state index contributed by atoms with van der Waals surface area (Å²) in [6, 6.07) is 8.42. The molecule has 8 atom stereocenters. The lowest BCUT2D eigenvalue weighted by Gasteiger charge is -2.57. The second kappa shape index (κ2) is 11.7. The molecule has 2 spiro atoms. The maximum atomic E-state index is 12.7. The van der Waals surface area contributed by atoms with E-state index in [2.05, 4.69) is 12.1 Å². The van der Waals surface area contributed by atoms with Crippen LogP contribution in [-0.4, -0.2) is 84.8 Å². The van der Waals surface area contributed by atoms with Gasteiger partial charge in [0.15, 0.2) is 46.8 Å². The molecule has 10 rings (SSSR count). The molecule has 2 saturated heterocycles. The fourth-order valence-electron chi connectivity index (χ4n) is 11.7. The number of methoxy groups -OCH3 is 2. The second-order valence-corrected chi connectivity index (χ2v) is 15.0. The molecule has 0 radical (unpaired) electrons. The van der Waals surface area contributed by atoms with Crippen molar-refractivity contribution in [1.29, 1.82) is 0 Å². The Balaban J connectivity index is 0.000000151. The minimum atomic E-state index is -0.404. The summed E-state index contributed by atoms with van der Waals surface area (Å²) < 4.78 is 23.5. The van der Waals surface area contributed by atoms with E-state index in [1.165, 1.54) is 22.3 Å². The minimum absolute atomic E-state index is 0. The molecule has 2 aromatic carbocycles. The van der Waals surface area contributed by atoms with Gasteiger partial charge >= 0.3 is 0 Å². The molecule has 8 aliphatic rings. The Morgan fingerprint density at radius 2 is 1.10 bits per heavy atom. The fraction of sp³-hybridized carbons (Fsp3) is 0.600. The minimum Gasteiger partial charge on any atom is -0.493 e. The van der Waals surface area contributed by atoms with Crippen LogP contribution in [0.1, 0.15) is 89.5 Å². The third-order valence-corrected chi connectivity index (χ3v) is 13.4. The SMILES string of the molecule is C.C.COc1ccc2c3c1OC1C(=O)CC[C@H]4C(C2)N(C(C)=O)CC[C@]314.COc1ccc2c3c1OC1C(=O)CC[C@H]4C(C2)N(C(C)=O)CC[C@]314. The predicted octanol–water partition coefficient (Wildman–Crippen LogP) is 4.97. The molecule has 10 heteroatoms. The number of carbonyl (C=O) groups is 4. The van der Waals surface area contributed by atoms with E-state index in [1.54, 1.807) is 28.1 Å². The van der Waals surface area contributed by atoms with Gasteiger partial charge in [0.1, 0.15) is 0 Å². The molecule has 4 heterocycles. The third kappa shape index (κ3) is 4.13. The second-order valence-electron chi connectivity index (χ2n) is 15.0. The van der Waals surface area contributed by atoms with Crippen LogP contribution in [0.5, 0.6) is 23.0 Å². The number of benzene rings is 2. The molecule has 4 bridgehead atoms. The van der Waals surface area contributed by atoms with E-state index in [9.17, 15) is 19.2 Å². The third-order valence-electron chi connectivity index (χ3n) is 13.4. The van der Waals surface area contributed by atoms with Crippen LogP contribution in [-0.2, 0) is 42.8 Å². The highest BCUT2D eigenvalue weighted by atomic mass is 16.5. The zero-order chi connectivity index (χ0) is 33.3. The molecule has 268 valence electrons. The molecule has 2 saturated carbocycles. The van der Waals surface area contributed by atoms with Gasteiger partial charge in [0.25, 0.3) is 0 Å². The Morgan fingerprint density at radius 3 is 1.46 bits per heavy atom. The fourth-order valence-corrected chi connectivity index (χ4v) is 11.7. The first-order valence-corrected chi connectivity index (χ1v) is 17.5. The van der Waals surface area contributed by atoms with Gasteiger partial charge < -0.3 is 28.7 Å². The van der Waals surface area contributed by atoms with Crippen molar-refractivity contribution in [3.05, 3.63) is 46.5 Å². The van der Waals surface area contributed by atoms with E-state index in [0.717, 1.165) is 61.5 Å². The van der Waals surface area contributed by atoms with Gasteiger partial charge in [0.2, 0.25) is 11.8 Å². The predicted molar refractivity (Wildman–Crippen MR) is 186 cm³/mol. The Morgan fingerprint density at radius 1 is 0.700 bits per heavy atom. The van der Waals surface area contributed by atoms with Crippen LogP contribution < -0.4 is 18.9 Å². The summed E-state index contributed by atoms with van der Waals surface area (Å²) in [5.74, 6) is 4.27. The first-order chi connectivity index (χ1) is 23.1. The maximum Gasteiger partial charge on any atom is 0.219 e. The van der Waals surface area contributed by atoms with Crippen molar-refractivity contribution in [3.8, 4) is 23.0 Å². The van der Waals surface area contributed by atoms with Crippen LogP contribution in [0.3, 0.4) is 0 Å². The molecule has 0 N–H and O–H groups in total. The number of ketones is 2. The van der Waals surface area contributed by atoms with E-state index < -0.39 is 12.2 Å². The molecular weight excluding hydrogens is 636 g/mol. The smallest absolute Gasteiger partial charge is 0.219 e. The number of Topliss-reactive ketones (excluding diaryl/α,β-unsaturated/α-hetero) is 2. The monoisotopic (exact) mass is 686 g/mol. The van der Waals surface area contributed by atoms with Crippen LogP contribution in [0.15, 0.2) is 24.3 Å². The Labute approximate surface area is 294 Å². The van der Waals surface area contributed by atoms with E-state index in [4.69, 9.17) is 18.9 Å². The average Bonchev–Trinajstić information content (AvgIpc) is 3.60. The molecule has 4 aliphatic carbocycles. The molecule has 4 unspecified atom stereocenters. The first-order valence-electron chi connectivity index (χ1n) is 17.5. The molecule has 0 aromatic heterocycles. The zero-order valence-corrected chi connectivity index (χ0v) is 28.0. The van der Waals surface area contributed by atoms with E-state index in [1.807, 2.05) is 21.9 Å². The lowest BCUT2D eigenvalue weighted by molar-refractivity contribution is -0.148. The molecule has 4 fully saturated rings. The summed E-state index contributed by atoms with van der Waals surface area (Å²) in [6.45, 7) is 4.73. The van der Waals surface area contributed by atoms with Crippen molar-refractivity contribution in [3.63, 3.8) is 0 Å². The zero-order valence-electron chi connectivity index (χ0n) is 28.0. The van der Waals surface area contributed by atoms with Crippen LogP contribution in [0, 0.1) is 11.8 Å². The molecule has 10 nitrogen and oxygen atoms in total. The lowest BCUT2D eigenvalue weighted by Crippen LogP contribution is -2.66. The maximum absolute atomic E-state index is 12.7. The summed E-state index contributed by atoms with van der Waals surface area (Å²) in [5.41, 5.74) is 4.31. The van der Waals surface area contributed by atoms with Crippen LogP contribution in [0.2, 0.25) is 0 Å². The number of ether oxygens (including phenoxy) is 4. The van der Waals surface area contributed by atoms with Crippen LogP contribution in [0.25, 0.3) is 0 Å². The Hall–Kier alpha value is -4.08. The summed E-state index contributed by atoms with van der Waals surface area (Å²) in [6.07, 6.45) is 5.29. The standard InChI is InChI=1S/2C19H21NO4.2CH4/c2*1-10(21)20-8-7-19-12-4-5-14(22)18(19)24-17-15(23-2)6-3-11(16(17)19)9-13(12)20;;/h2*3,6,12-13,18H,4-5,7-9H2,1-2H3;2*1H4/t2*12-,13?,18?,19-;;/m00../s1. The Kier molecular flexibility index (Phi) is 8.07. The number of piperidine rings is 2. The van der Waals surface area contributed by atoms with E-state index >= 15 is 0 Å². The number of carbonyl (C=O) groups excluding carboxylic acids is 4. The number of hydrogen-bond donors (Lipinski definition) is 0. The van der Waals surface area contributed by atoms with Crippen molar-refractivity contribution in [1.82, 2.24) is 9.80 Å². The first kappa shape index (κ1) is 34.4. The van der Waals surface area contributed by atoms with Crippen molar-refractivity contribution in [2.24, 2.45) is 11.8 Å². The summed E-state index contributed by atoms with van der Waals surface area (Å²) in [7, 11) is 3.29. The summed E-state index contributed by atoms with van der Waals surface area (Å²) >= 11 is 0. The highest BCUT2D eigenvalue weighted by Crippen LogP contribution is 2.64. The van der Waals surface area contributed by atoms with Gasteiger partial charge in [-0.05, 0) is 73.6 Å². The molecule has 4 aliphatic heterocycles. The largest absolute Gasteiger partial charge is 0.493 e. The topological polar surface area (TPSA) is 112 Å². The summed E-state index contributed by atoms with van der Waals surface area (Å²) in [5, 5.41) is 0. The van der Waals surface area contributed by atoms with E-state index in [-0.39, 0.29) is 61.1 Å². The van der Waals surface area contributed by atoms with Crippen molar-refractivity contribution in [2.75, 3.05) is 27.3 Å². The number of hydrogen-bond acceptors (Lipinski definition) is 8. The highest BCUT2D eigenvalue weighted by molar-refractivity contribution is 5.90. The van der Waals surface area contributed by atoms with Gasteiger partial charge in [0, 0.05) is 63.0 Å². The number of likely N-dealkylation sites (tertiary alicyclic amines) is 2. The van der Waals surface area contributed by atoms with Gasteiger partial charge in [-0.3, -0.25) is 19.2 Å². The van der Waals surface area contributed by atoms with Crippen LogP contribution in [0.4, 0.5) is 0 Å². The quantitative estimate of drug-likeness (QED) is 0.436. The van der Waals surface area contributed by atoms with Crippen LogP contribution >= 0.6 is 0 Å². The molecular formula is C40H50N2O8. The highest BCUT2D eigenvalue weighted by Gasteiger charge is 2.67. The van der Waals surface area contributed by atoms with E-state index in [0.29, 0.717) is 37.8 Å². The van der Waals surface area contributed by atoms with Gasteiger partial charge in [-0.15, -0.1) is 0 Å². The normalized spacial score (nSPS) is 33.9. The van der Waals surface area contributed by atoms with Crippen molar-refractivity contribution in [2.45, 2.75) is 115 Å². The number of nitrogens with zero attached hydrogens (tertiary/aromatic N) is 2. The lowest BCUT2D eigenvalue weighted by atomic mass is 9.51. The van der Waals surface area contributed by atoms with Gasteiger partial charge in [0.05, 0.1) is 25.0 Å². The van der Waals surface area contributed by atoms with Gasteiger partial charge in [-0.1, -0.05) is 27.0 Å². The molecule has 2 amide bonds. The van der Waals surface area contributed by atoms with Crippen molar-refractivity contribution < 1.29 is 38.1 Å². The number of rotatable bonds is 2.